The van der Waals surface area contributed by atoms with Gasteiger partial charge in [0.15, 0.2) is 0 Å². The summed E-state index contributed by atoms with van der Waals surface area (Å²) < 4.78 is 62.7. The highest BCUT2D eigenvalue weighted by Gasteiger charge is 2.32. The van der Waals surface area contributed by atoms with Gasteiger partial charge >= 0.3 is 18.2 Å². The molecule has 1 amide bonds. The fourth-order valence-corrected chi connectivity index (χ4v) is 2.68. The maximum Gasteiger partial charge on any atom is 0.416 e. The summed E-state index contributed by atoms with van der Waals surface area (Å²) in [7, 11) is 1.05. The van der Waals surface area contributed by atoms with Crippen molar-refractivity contribution in [3.63, 3.8) is 0 Å². The van der Waals surface area contributed by atoms with Crippen LogP contribution in [0, 0.1) is 17.7 Å². The Morgan fingerprint density at radius 1 is 1.03 bits per heavy atom. The lowest BCUT2D eigenvalue weighted by molar-refractivity contribution is -0.137. The van der Waals surface area contributed by atoms with Crippen LogP contribution in [0.2, 0.25) is 0 Å². The van der Waals surface area contributed by atoms with E-state index in [1.54, 1.807) is 20.8 Å². The number of hydrogen-bond donors (Lipinski definition) is 2. The second kappa shape index (κ2) is 10.9. The maximum absolute atomic E-state index is 13.8. The van der Waals surface area contributed by atoms with Crippen molar-refractivity contribution >= 4 is 23.4 Å². The second-order valence-electron chi connectivity index (χ2n) is 8.05. The van der Waals surface area contributed by atoms with Crippen LogP contribution in [-0.4, -0.2) is 31.3 Å². The normalized spacial score (nSPS) is 11.2. The number of esters is 1. The molecule has 2 N–H and O–H groups in total. The second-order valence-corrected chi connectivity index (χ2v) is 8.05. The first-order valence-corrected chi connectivity index (χ1v) is 10.1. The lowest BCUT2D eigenvalue weighted by atomic mass is 10.1. The van der Waals surface area contributed by atoms with Crippen molar-refractivity contribution in [3.05, 3.63) is 58.9 Å². The Labute approximate surface area is 194 Å². The molecule has 0 fully saturated rings. The third-order valence-corrected chi connectivity index (χ3v) is 4.14. The Bertz CT molecular complexity index is 1110. The van der Waals surface area contributed by atoms with Crippen molar-refractivity contribution < 1.29 is 36.6 Å². The molecule has 0 saturated heterocycles. The molecule has 6 nitrogen and oxygen atoms in total. The van der Waals surface area contributed by atoms with E-state index < -0.39 is 35.2 Å². The minimum atomic E-state index is -4.65. The van der Waals surface area contributed by atoms with Crippen molar-refractivity contribution in [2.24, 2.45) is 0 Å². The van der Waals surface area contributed by atoms with Gasteiger partial charge in [-0.05, 0) is 57.2 Å². The lowest BCUT2D eigenvalue weighted by Crippen LogP contribution is -2.32. The van der Waals surface area contributed by atoms with Crippen molar-refractivity contribution in [2.75, 3.05) is 19.0 Å². The van der Waals surface area contributed by atoms with Gasteiger partial charge in [0, 0.05) is 13.0 Å². The van der Waals surface area contributed by atoms with Crippen LogP contribution in [-0.2, 0) is 15.7 Å². The van der Waals surface area contributed by atoms with Crippen LogP contribution in [0.15, 0.2) is 36.4 Å². The number of alkyl halides is 3. The Hall–Kier alpha value is -3.74. The predicted molar refractivity (Wildman–Crippen MR) is 118 cm³/mol. The van der Waals surface area contributed by atoms with E-state index in [0.29, 0.717) is 6.07 Å². The molecule has 34 heavy (non-hydrogen) atoms. The van der Waals surface area contributed by atoms with E-state index in [9.17, 15) is 27.2 Å². The number of methoxy groups -OCH3 is 1. The summed E-state index contributed by atoms with van der Waals surface area (Å²) in [5.41, 5.74) is -1.51. The first kappa shape index (κ1) is 26.5. The van der Waals surface area contributed by atoms with Gasteiger partial charge in [-0.15, -0.1) is 0 Å². The summed E-state index contributed by atoms with van der Waals surface area (Å²) in [6, 6.07) is 6.19. The molecule has 0 aromatic heterocycles. The smallest absolute Gasteiger partial charge is 0.416 e. The van der Waals surface area contributed by atoms with E-state index in [4.69, 9.17) is 4.74 Å². The number of carbonyl (C=O) groups excluding carboxylic acids is 2. The predicted octanol–water partition coefficient (Wildman–Crippen LogP) is 5.64. The van der Waals surface area contributed by atoms with Gasteiger partial charge in [0.05, 0.1) is 35.2 Å². The Morgan fingerprint density at radius 2 is 1.71 bits per heavy atom. The van der Waals surface area contributed by atoms with Crippen molar-refractivity contribution in [3.8, 4) is 11.8 Å². The lowest BCUT2D eigenvalue weighted by Gasteiger charge is -2.19. The summed E-state index contributed by atoms with van der Waals surface area (Å²) in [6.07, 6.45) is -5.02. The number of nitrogens with one attached hydrogen (secondary N) is 2. The minimum absolute atomic E-state index is 0.0288. The van der Waals surface area contributed by atoms with E-state index in [0.717, 1.165) is 31.4 Å². The average molecular weight is 480 g/mol. The molecule has 0 aliphatic rings. The summed E-state index contributed by atoms with van der Waals surface area (Å²) in [4.78, 5) is 23.7. The van der Waals surface area contributed by atoms with Gasteiger partial charge in [-0.3, -0.25) is 0 Å². The standard InChI is InChI=1S/C24H24F4N2O4/c1-23(2,3)34-22(32)29-12-6-5-7-15-13-17(25)9-11-19(15)30-20-10-8-16(24(26,27)28)14-18(20)21(31)33-4/h8-11,13-14,30H,6,12H2,1-4H3,(H,29,32). The summed E-state index contributed by atoms with van der Waals surface area (Å²) in [5, 5.41) is 5.36. The number of alkyl carbamates (subject to hydrolysis) is 1. The van der Waals surface area contributed by atoms with E-state index in [1.165, 1.54) is 6.07 Å². The fourth-order valence-electron chi connectivity index (χ4n) is 2.68. The summed E-state index contributed by atoms with van der Waals surface area (Å²) in [5.74, 6) is 3.98. The first-order chi connectivity index (χ1) is 15.8. The molecule has 0 aliphatic heterocycles. The molecule has 0 unspecified atom stereocenters. The summed E-state index contributed by atoms with van der Waals surface area (Å²) >= 11 is 0. The molecule has 0 radical (unpaired) electrons. The number of hydrogen-bond acceptors (Lipinski definition) is 5. The molecule has 10 heteroatoms. The summed E-state index contributed by atoms with van der Waals surface area (Å²) in [6.45, 7) is 5.37. The molecular weight excluding hydrogens is 456 g/mol. The number of rotatable bonds is 5. The third-order valence-electron chi connectivity index (χ3n) is 4.14. The zero-order valence-corrected chi connectivity index (χ0v) is 19.0. The highest BCUT2D eigenvalue weighted by atomic mass is 19.4. The van der Waals surface area contributed by atoms with Gasteiger partial charge in [0.2, 0.25) is 0 Å². The Morgan fingerprint density at radius 3 is 2.32 bits per heavy atom. The number of amides is 1. The minimum Gasteiger partial charge on any atom is -0.465 e. The van der Waals surface area contributed by atoms with Crippen LogP contribution in [0.3, 0.4) is 0 Å². The number of halogens is 4. The van der Waals surface area contributed by atoms with Crippen LogP contribution in [0.5, 0.6) is 0 Å². The monoisotopic (exact) mass is 480 g/mol. The van der Waals surface area contributed by atoms with E-state index >= 15 is 0 Å². The topological polar surface area (TPSA) is 76.7 Å². The largest absolute Gasteiger partial charge is 0.465 e. The van der Waals surface area contributed by atoms with Crippen LogP contribution in [0.1, 0.15) is 48.7 Å². The van der Waals surface area contributed by atoms with Gasteiger partial charge in [-0.1, -0.05) is 11.8 Å². The van der Waals surface area contributed by atoms with Crippen molar-refractivity contribution in [1.82, 2.24) is 5.32 Å². The average Bonchev–Trinajstić information content (AvgIpc) is 2.72. The Kier molecular flexibility index (Phi) is 8.51. The Balaban J connectivity index is 2.22. The van der Waals surface area contributed by atoms with Crippen LogP contribution in [0.25, 0.3) is 0 Å². The van der Waals surface area contributed by atoms with Gasteiger partial charge in [-0.2, -0.15) is 13.2 Å². The molecule has 0 heterocycles. The molecule has 0 saturated carbocycles. The number of benzene rings is 2. The number of anilines is 2. The van der Waals surface area contributed by atoms with Gasteiger partial charge in [-0.25, -0.2) is 14.0 Å². The highest BCUT2D eigenvalue weighted by Crippen LogP contribution is 2.33. The molecule has 2 aromatic rings. The van der Waals surface area contributed by atoms with Crippen LogP contribution >= 0.6 is 0 Å². The highest BCUT2D eigenvalue weighted by molar-refractivity contribution is 5.97. The zero-order chi connectivity index (χ0) is 25.5. The van der Waals surface area contributed by atoms with E-state index in [-0.39, 0.29) is 35.5 Å². The fraction of sp³-hybridized carbons (Fsp3) is 0.333. The first-order valence-electron chi connectivity index (χ1n) is 10.1. The molecule has 0 aliphatic carbocycles. The number of ether oxygens (including phenoxy) is 2. The molecule has 2 aromatic carbocycles. The molecule has 2 rings (SSSR count). The quantitative estimate of drug-likeness (QED) is 0.251. The third kappa shape index (κ3) is 7.99. The van der Waals surface area contributed by atoms with E-state index in [2.05, 4.69) is 27.2 Å². The van der Waals surface area contributed by atoms with Crippen molar-refractivity contribution in [1.29, 1.82) is 0 Å². The van der Waals surface area contributed by atoms with Crippen LogP contribution in [0.4, 0.5) is 33.7 Å². The molecule has 182 valence electrons. The SMILES string of the molecule is COC(=O)c1cc(C(F)(F)F)ccc1Nc1ccc(F)cc1C#CCCNC(=O)OC(C)(C)C. The molecule has 0 spiro atoms. The van der Waals surface area contributed by atoms with Gasteiger partial charge < -0.3 is 20.1 Å². The van der Waals surface area contributed by atoms with Crippen LogP contribution < -0.4 is 10.6 Å². The molecular formula is C24H24F4N2O4. The molecule has 0 atom stereocenters. The van der Waals surface area contributed by atoms with Crippen molar-refractivity contribution in [2.45, 2.75) is 39.0 Å². The van der Waals surface area contributed by atoms with Gasteiger partial charge in [0.1, 0.15) is 11.4 Å². The zero-order valence-electron chi connectivity index (χ0n) is 19.0. The van der Waals surface area contributed by atoms with E-state index in [1.807, 2.05) is 0 Å². The molecule has 0 bridgehead atoms. The number of carbonyl (C=O) groups is 2. The maximum atomic E-state index is 13.8. The van der Waals surface area contributed by atoms with Gasteiger partial charge in [0.25, 0.3) is 0 Å².